The minimum Gasteiger partial charge on any atom is -0.508 e. The molecule has 1 heterocycles. The van der Waals surface area contributed by atoms with E-state index < -0.39 is 65.8 Å². The number of aliphatic hydroxyl groups is 1. The van der Waals surface area contributed by atoms with Gasteiger partial charge in [-0.2, -0.15) is 0 Å². The van der Waals surface area contributed by atoms with E-state index in [2.05, 4.69) is 5.16 Å². The monoisotopic (exact) mass is 799 g/mol. The van der Waals surface area contributed by atoms with Gasteiger partial charge in [-0.15, -0.1) is 0 Å². The van der Waals surface area contributed by atoms with Crippen LogP contribution in [-0.4, -0.2) is 73.7 Å². The molecule has 0 aliphatic heterocycles. The highest BCUT2D eigenvalue weighted by Gasteiger charge is 2.67. The van der Waals surface area contributed by atoms with Crippen LogP contribution in [0.3, 0.4) is 0 Å². The van der Waals surface area contributed by atoms with Gasteiger partial charge in [-0.3, -0.25) is 14.5 Å². The topological polar surface area (TPSA) is 115 Å². The average molecular weight is 800 g/mol. The number of carbonyl (C=O) groups is 2. The van der Waals surface area contributed by atoms with Crippen molar-refractivity contribution in [1.29, 1.82) is 0 Å². The molecule has 0 spiro atoms. The Morgan fingerprint density at radius 2 is 1.51 bits per heavy atom. The molecule has 3 aliphatic rings. The Morgan fingerprint density at radius 3 is 2.07 bits per heavy atom. The Kier molecular flexibility index (Phi) is 10.6. The van der Waals surface area contributed by atoms with Crippen LogP contribution in [-0.2, 0) is 30.6 Å². The van der Waals surface area contributed by atoms with Gasteiger partial charge in [0.25, 0.3) is 5.88 Å². The molecule has 0 unspecified atom stereocenters. The predicted molar refractivity (Wildman–Crippen MR) is 213 cm³/mol. The van der Waals surface area contributed by atoms with E-state index in [9.17, 15) is 5.11 Å². The molecular weight excluding hydrogens is 749 g/mol. The quantitative estimate of drug-likeness (QED) is 0.148. The molecule has 0 bridgehead atoms. The molecule has 0 radical (unpaired) electrons. The van der Waals surface area contributed by atoms with Crippen LogP contribution in [0.4, 0.5) is 8.78 Å². The summed E-state index contributed by atoms with van der Waals surface area (Å²) in [4.78, 5) is 34.3. The molecule has 4 aromatic rings. The van der Waals surface area contributed by atoms with Crippen molar-refractivity contribution < 1.29 is 41.9 Å². The molecular formula is C44H51F2N3O7Si. The normalized spacial score (nSPS) is 22.0. The fraction of sp³-hybridized carbons (Fsp3) is 0.432. The maximum Gasteiger partial charge on any atom is 0.265 e. The van der Waals surface area contributed by atoms with Gasteiger partial charge in [0.1, 0.15) is 30.3 Å². The lowest BCUT2D eigenvalue weighted by Crippen LogP contribution is -2.65. The van der Waals surface area contributed by atoms with E-state index in [-0.39, 0.29) is 77.8 Å². The van der Waals surface area contributed by atoms with Gasteiger partial charge in [0, 0.05) is 29.2 Å². The van der Waals surface area contributed by atoms with Gasteiger partial charge in [-0.1, -0.05) is 81.4 Å². The van der Waals surface area contributed by atoms with Crippen molar-refractivity contribution in [3.05, 3.63) is 123 Å². The molecule has 4 atom stereocenters. The number of allylic oxidation sites excluding steroid dienone is 1. The third kappa shape index (κ3) is 6.81. The second kappa shape index (κ2) is 14.9. The summed E-state index contributed by atoms with van der Waals surface area (Å²) in [6.07, 6.45) is -0.0162. The number of benzene rings is 3. The first-order valence-corrected chi connectivity index (χ1v) is 22.2. The number of aliphatic hydroxyl groups excluding tert-OH is 1. The van der Waals surface area contributed by atoms with Crippen molar-refractivity contribution in [1.82, 2.24) is 15.0 Å². The lowest BCUT2D eigenvalue weighted by Gasteiger charge is -2.55. The first-order valence-electron chi connectivity index (χ1n) is 19.3. The zero-order chi connectivity index (χ0) is 41.2. The second-order valence-electron chi connectivity index (χ2n) is 17.5. The molecule has 57 heavy (non-hydrogen) atoms. The fourth-order valence-electron chi connectivity index (χ4n) is 8.40. The average Bonchev–Trinajstić information content (AvgIpc) is 3.57. The Morgan fingerprint density at radius 1 is 0.912 bits per heavy atom. The van der Waals surface area contributed by atoms with Crippen molar-refractivity contribution in [2.75, 3.05) is 28.2 Å². The number of Topliss-reactive ketones (excluding diaryl/α,β-unsaturated/α-hetero) is 2. The number of carbonyl (C=O) groups excluding carboxylic acids is 2. The number of halogens is 2. The first kappa shape index (κ1) is 40.5. The minimum atomic E-state index is -2.98. The molecule has 0 saturated heterocycles. The highest BCUT2D eigenvalue weighted by molar-refractivity contribution is 6.74. The smallest absolute Gasteiger partial charge is 0.265 e. The van der Waals surface area contributed by atoms with Gasteiger partial charge in [-0.25, -0.2) is 8.78 Å². The second-order valence-corrected chi connectivity index (χ2v) is 22.2. The SMILES string of the molecule is CN(C)Cc1c(F)c(F)c2c(c1OCc1ccccc1)C(=O)C1=C(O)[C@]3(O[Si](C)(C)C(C)(C)C)C(=O)c4c(OCc5ccccc5)noc4[C@@H](N(C)C)[C@@H]3C[C@@H]1C2. The number of hydrogen-bond acceptors (Lipinski definition) is 10. The Hall–Kier alpha value is -4.69. The maximum atomic E-state index is 16.4. The van der Waals surface area contributed by atoms with E-state index in [1.54, 1.807) is 19.0 Å². The standard InChI is InChI=1S/C44H51F2N3O7Si/c1-43(2,3)57(8,9)56-44-30(36(49(6)7)39-33(41(44)52)42(47-55-39)54-24-26-18-14-11-15-19-26)21-27-20-28-32(37(50)31(27)40(44)51)38(53-23-25-16-12-10-13-17-25)29(22-48(4)5)35(46)34(28)45/h10-19,27,30,36,51H,20-24H2,1-9H3/t27-,30-,36-,44-/m0/s1. The summed E-state index contributed by atoms with van der Waals surface area (Å²) < 4.78 is 58.2. The van der Waals surface area contributed by atoms with E-state index >= 15 is 18.4 Å². The molecule has 3 aliphatic carbocycles. The summed E-state index contributed by atoms with van der Waals surface area (Å²) in [5, 5.41) is 16.8. The van der Waals surface area contributed by atoms with Gasteiger partial charge in [0.2, 0.25) is 5.78 Å². The van der Waals surface area contributed by atoms with Crippen molar-refractivity contribution in [3.63, 3.8) is 0 Å². The molecule has 0 amide bonds. The fourth-order valence-corrected chi connectivity index (χ4v) is 9.85. The van der Waals surface area contributed by atoms with Crippen LogP contribution >= 0.6 is 0 Å². The molecule has 10 nitrogen and oxygen atoms in total. The molecule has 7 rings (SSSR count). The summed E-state index contributed by atoms with van der Waals surface area (Å²) in [7, 11) is 4.08. The zero-order valence-electron chi connectivity index (χ0n) is 34.0. The van der Waals surface area contributed by atoms with Crippen molar-refractivity contribution in [2.45, 2.75) is 83.1 Å². The van der Waals surface area contributed by atoms with E-state index in [4.69, 9.17) is 18.4 Å². The number of fused-ring (bicyclic) bond motifs is 4. The van der Waals surface area contributed by atoms with Crippen LogP contribution in [0.25, 0.3) is 0 Å². The van der Waals surface area contributed by atoms with Gasteiger partial charge in [-0.05, 0) is 81.4 Å². The summed E-state index contributed by atoms with van der Waals surface area (Å²) >= 11 is 0. The summed E-state index contributed by atoms with van der Waals surface area (Å²) in [5.41, 5.74) is -0.912. The van der Waals surface area contributed by atoms with E-state index in [1.165, 1.54) is 0 Å². The number of rotatable bonds is 11. The molecule has 1 aromatic heterocycles. The van der Waals surface area contributed by atoms with Gasteiger partial charge < -0.3 is 28.4 Å². The predicted octanol–water partition coefficient (Wildman–Crippen LogP) is 8.62. The summed E-state index contributed by atoms with van der Waals surface area (Å²) in [6, 6.07) is 17.9. The first-order chi connectivity index (χ1) is 26.9. The van der Waals surface area contributed by atoms with Crippen LogP contribution in [0, 0.1) is 23.5 Å². The van der Waals surface area contributed by atoms with E-state index in [0.29, 0.717) is 0 Å². The Labute approximate surface area is 333 Å². The van der Waals surface area contributed by atoms with Crippen LogP contribution in [0.15, 0.2) is 76.5 Å². The molecule has 0 saturated carbocycles. The van der Waals surface area contributed by atoms with Crippen molar-refractivity contribution >= 4 is 19.9 Å². The number of ether oxygens (including phenoxy) is 2. The van der Waals surface area contributed by atoms with Crippen LogP contribution in [0.1, 0.15) is 82.0 Å². The molecule has 302 valence electrons. The van der Waals surface area contributed by atoms with E-state index in [1.807, 2.05) is 114 Å². The molecule has 1 N–H and O–H groups in total. The number of nitrogens with zero attached hydrogens (tertiary/aromatic N) is 3. The number of ketones is 2. The largest absolute Gasteiger partial charge is 0.508 e. The highest BCUT2D eigenvalue weighted by atomic mass is 28.4. The highest BCUT2D eigenvalue weighted by Crippen LogP contribution is 2.60. The van der Waals surface area contributed by atoms with Crippen LogP contribution in [0.5, 0.6) is 11.6 Å². The van der Waals surface area contributed by atoms with Gasteiger partial charge in [0.05, 0.1) is 11.6 Å². The number of aromatic nitrogens is 1. The maximum absolute atomic E-state index is 16.4. The summed E-state index contributed by atoms with van der Waals surface area (Å²) in [6.45, 7) is 10.0. The molecule has 0 fully saturated rings. The zero-order valence-corrected chi connectivity index (χ0v) is 35.0. The van der Waals surface area contributed by atoms with Gasteiger partial charge >= 0.3 is 0 Å². The van der Waals surface area contributed by atoms with Crippen LogP contribution < -0.4 is 9.47 Å². The third-order valence-corrected chi connectivity index (χ3v) is 16.6. The van der Waals surface area contributed by atoms with Crippen molar-refractivity contribution in [2.24, 2.45) is 11.8 Å². The minimum absolute atomic E-state index is 0.0218. The molecule has 3 aromatic carbocycles. The van der Waals surface area contributed by atoms with E-state index in [0.717, 1.165) is 11.1 Å². The summed E-state index contributed by atoms with van der Waals surface area (Å²) in [5.74, 6) is -5.63. The lowest BCUT2D eigenvalue weighted by atomic mass is 9.58. The lowest BCUT2D eigenvalue weighted by molar-refractivity contribution is -0.0481. The molecule has 13 heteroatoms. The Bertz CT molecular complexity index is 2230. The third-order valence-electron chi connectivity index (χ3n) is 12.1. The Balaban J connectivity index is 1.45. The van der Waals surface area contributed by atoms with Crippen LogP contribution in [0.2, 0.25) is 18.1 Å². The number of hydrogen-bond donors (Lipinski definition) is 1. The van der Waals surface area contributed by atoms with Crippen molar-refractivity contribution in [3.8, 4) is 11.6 Å². The van der Waals surface area contributed by atoms with Gasteiger partial charge in [0.15, 0.2) is 37.1 Å².